The van der Waals surface area contributed by atoms with E-state index in [4.69, 9.17) is 4.52 Å². The van der Waals surface area contributed by atoms with Gasteiger partial charge in [0.25, 0.3) is 5.89 Å². The molecule has 0 saturated carbocycles. The van der Waals surface area contributed by atoms with Gasteiger partial charge >= 0.3 is 0 Å². The summed E-state index contributed by atoms with van der Waals surface area (Å²) in [5.41, 5.74) is 0. The smallest absolute Gasteiger partial charge is 0.271 e. The Balaban J connectivity index is 1.72. The largest absolute Gasteiger partial charge is 0.506 e. The van der Waals surface area contributed by atoms with E-state index in [1.54, 1.807) is 23.2 Å². The van der Waals surface area contributed by atoms with Crippen LogP contribution in [0.2, 0.25) is 0 Å². The lowest BCUT2D eigenvalue weighted by molar-refractivity contribution is 0.421. The first-order valence-electron chi connectivity index (χ1n) is 5.71. The van der Waals surface area contributed by atoms with Gasteiger partial charge in [-0.2, -0.15) is 4.98 Å². The van der Waals surface area contributed by atoms with E-state index in [1.807, 2.05) is 24.3 Å². The fourth-order valence-electron chi connectivity index (χ4n) is 1.57. The van der Waals surface area contributed by atoms with Gasteiger partial charge in [0.05, 0.1) is 5.75 Å². The second-order valence-corrected chi connectivity index (χ2v) is 6.66. The van der Waals surface area contributed by atoms with Crippen molar-refractivity contribution in [2.45, 2.75) is 10.6 Å². The topological polar surface area (TPSA) is 59.2 Å². The molecule has 0 saturated heterocycles. The molecule has 2 heterocycles. The SMILES string of the molecule is Oc1ccsc1-c1nc(CSc2ccccc2Br)no1. The van der Waals surface area contributed by atoms with E-state index >= 15 is 0 Å². The molecule has 0 aliphatic rings. The minimum atomic E-state index is 0.170. The fraction of sp³-hybridized carbons (Fsp3) is 0.0769. The van der Waals surface area contributed by atoms with Crippen molar-refractivity contribution in [3.8, 4) is 16.5 Å². The third kappa shape index (κ3) is 2.89. The van der Waals surface area contributed by atoms with E-state index < -0.39 is 0 Å². The molecule has 1 N–H and O–H groups in total. The van der Waals surface area contributed by atoms with Crippen LogP contribution in [-0.2, 0) is 5.75 Å². The molecule has 0 atom stereocenters. The highest BCUT2D eigenvalue weighted by molar-refractivity contribution is 9.10. The minimum absolute atomic E-state index is 0.170. The molecule has 1 aromatic carbocycles. The molecule has 20 heavy (non-hydrogen) atoms. The Morgan fingerprint density at radius 3 is 2.90 bits per heavy atom. The van der Waals surface area contributed by atoms with Crippen molar-refractivity contribution in [3.05, 3.63) is 46.0 Å². The number of thiophene rings is 1. The lowest BCUT2D eigenvalue weighted by Crippen LogP contribution is -1.84. The first-order valence-corrected chi connectivity index (χ1v) is 8.36. The van der Waals surface area contributed by atoms with Crippen LogP contribution in [0.3, 0.4) is 0 Å². The van der Waals surface area contributed by atoms with Crippen molar-refractivity contribution < 1.29 is 9.63 Å². The average Bonchev–Trinajstić information content (AvgIpc) is 3.06. The van der Waals surface area contributed by atoms with Crippen molar-refractivity contribution >= 4 is 39.0 Å². The van der Waals surface area contributed by atoms with Crippen molar-refractivity contribution in [1.82, 2.24) is 10.1 Å². The molecule has 2 aromatic heterocycles. The number of rotatable bonds is 4. The highest BCUT2D eigenvalue weighted by Gasteiger charge is 2.14. The molecule has 0 unspecified atom stereocenters. The summed E-state index contributed by atoms with van der Waals surface area (Å²) in [6.45, 7) is 0. The maximum atomic E-state index is 9.63. The van der Waals surface area contributed by atoms with E-state index in [-0.39, 0.29) is 5.75 Å². The molecular formula is C13H9BrN2O2S2. The molecule has 7 heteroatoms. The van der Waals surface area contributed by atoms with Crippen LogP contribution in [0.5, 0.6) is 5.75 Å². The molecular weight excluding hydrogens is 360 g/mol. The van der Waals surface area contributed by atoms with Crippen LogP contribution in [-0.4, -0.2) is 15.2 Å². The highest BCUT2D eigenvalue weighted by Crippen LogP contribution is 2.34. The average molecular weight is 369 g/mol. The zero-order chi connectivity index (χ0) is 13.9. The Hall–Kier alpha value is -1.31. The number of hydrogen-bond donors (Lipinski definition) is 1. The quantitative estimate of drug-likeness (QED) is 0.684. The van der Waals surface area contributed by atoms with E-state index in [2.05, 4.69) is 26.1 Å². The maximum Gasteiger partial charge on any atom is 0.271 e. The summed E-state index contributed by atoms with van der Waals surface area (Å²) in [7, 11) is 0. The van der Waals surface area contributed by atoms with Crippen LogP contribution in [0.1, 0.15) is 5.82 Å². The van der Waals surface area contributed by atoms with Crippen molar-refractivity contribution in [3.63, 3.8) is 0 Å². The van der Waals surface area contributed by atoms with Gasteiger partial charge in [-0.05, 0) is 39.5 Å². The van der Waals surface area contributed by atoms with Crippen LogP contribution >= 0.6 is 39.0 Å². The van der Waals surface area contributed by atoms with Gasteiger partial charge in [0.2, 0.25) is 0 Å². The second-order valence-electron chi connectivity index (χ2n) is 3.87. The number of benzene rings is 1. The Morgan fingerprint density at radius 2 is 2.15 bits per heavy atom. The monoisotopic (exact) mass is 368 g/mol. The van der Waals surface area contributed by atoms with Crippen LogP contribution in [0, 0.1) is 0 Å². The summed E-state index contributed by atoms with van der Waals surface area (Å²) in [6.07, 6.45) is 0. The molecule has 0 aliphatic carbocycles. The van der Waals surface area contributed by atoms with Crippen LogP contribution < -0.4 is 0 Å². The van der Waals surface area contributed by atoms with Crippen molar-refractivity contribution in [2.24, 2.45) is 0 Å². The van der Waals surface area contributed by atoms with E-state index in [0.29, 0.717) is 22.3 Å². The van der Waals surface area contributed by atoms with Gasteiger partial charge in [0, 0.05) is 9.37 Å². The zero-order valence-corrected chi connectivity index (χ0v) is 13.3. The Morgan fingerprint density at radius 1 is 1.30 bits per heavy atom. The van der Waals surface area contributed by atoms with Gasteiger partial charge in [-0.3, -0.25) is 0 Å². The summed E-state index contributed by atoms with van der Waals surface area (Å²) in [4.78, 5) is 6.02. The van der Waals surface area contributed by atoms with Crippen molar-refractivity contribution in [2.75, 3.05) is 0 Å². The fourth-order valence-corrected chi connectivity index (χ4v) is 3.69. The van der Waals surface area contributed by atoms with Gasteiger partial charge < -0.3 is 9.63 Å². The molecule has 0 fully saturated rings. The summed E-state index contributed by atoms with van der Waals surface area (Å²) < 4.78 is 6.22. The molecule has 0 radical (unpaired) electrons. The predicted molar refractivity (Wildman–Crippen MR) is 83.0 cm³/mol. The predicted octanol–water partition coefficient (Wildman–Crippen LogP) is 4.56. The van der Waals surface area contributed by atoms with Crippen molar-refractivity contribution in [1.29, 1.82) is 0 Å². The zero-order valence-electron chi connectivity index (χ0n) is 10.1. The molecule has 0 amide bonds. The Bertz CT molecular complexity index is 726. The third-order valence-electron chi connectivity index (χ3n) is 2.50. The summed E-state index contributed by atoms with van der Waals surface area (Å²) in [5, 5.41) is 15.3. The molecule has 0 bridgehead atoms. The summed E-state index contributed by atoms with van der Waals surface area (Å²) >= 11 is 6.50. The first-order chi connectivity index (χ1) is 9.74. The van der Waals surface area contributed by atoms with Crippen LogP contribution in [0.25, 0.3) is 10.8 Å². The Kier molecular flexibility index (Phi) is 4.09. The number of aromatic hydroxyl groups is 1. The Labute approximate surface area is 132 Å². The molecule has 0 spiro atoms. The van der Waals surface area contributed by atoms with Gasteiger partial charge in [0.15, 0.2) is 5.82 Å². The van der Waals surface area contributed by atoms with Gasteiger partial charge in [-0.25, -0.2) is 0 Å². The maximum absolute atomic E-state index is 9.63. The van der Waals surface area contributed by atoms with Gasteiger partial charge in [0.1, 0.15) is 10.6 Å². The van der Waals surface area contributed by atoms with Crippen LogP contribution in [0.4, 0.5) is 0 Å². The number of thioether (sulfide) groups is 1. The second kappa shape index (κ2) is 5.99. The number of hydrogen-bond acceptors (Lipinski definition) is 6. The number of halogens is 1. The van der Waals surface area contributed by atoms with E-state index in [0.717, 1.165) is 9.37 Å². The van der Waals surface area contributed by atoms with E-state index in [9.17, 15) is 5.11 Å². The third-order valence-corrected chi connectivity index (χ3v) is 5.42. The standard InChI is InChI=1S/C13H9BrN2O2S2/c14-8-3-1-2-4-10(8)20-7-11-15-13(18-16-11)12-9(17)5-6-19-12/h1-6,17H,7H2. The lowest BCUT2D eigenvalue weighted by Gasteiger charge is -2.00. The van der Waals surface area contributed by atoms with Gasteiger partial charge in [-0.1, -0.05) is 17.3 Å². The molecule has 102 valence electrons. The normalized spacial score (nSPS) is 10.8. The molecule has 0 aliphatic heterocycles. The summed E-state index contributed by atoms with van der Waals surface area (Å²) in [5.74, 6) is 1.75. The molecule has 4 nitrogen and oxygen atoms in total. The lowest BCUT2D eigenvalue weighted by atomic mass is 10.4. The number of nitrogens with zero attached hydrogens (tertiary/aromatic N) is 2. The van der Waals surface area contributed by atoms with Crippen LogP contribution in [0.15, 0.2) is 49.6 Å². The first kappa shape index (κ1) is 13.7. The van der Waals surface area contributed by atoms with Gasteiger partial charge in [-0.15, -0.1) is 23.1 Å². The number of aromatic nitrogens is 2. The highest BCUT2D eigenvalue weighted by atomic mass is 79.9. The minimum Gasteiger partial charge on any atom is -0.506 e. The molecule has 3 aromatic rings. The summed E-state index contributed by atoms with van der Waals surface area (Å²) in [6, 6.07) is 9.59. The molecule has 3 rings (SSSR count). The van der Waals surface area contributed by atoms with E-state index in [1.165, 1.54) is 11.3 Å².